The molecule has 0 aromatic heterocycles. The molecule has 0 radical (unpaired) electrons. The zero-order valence-electron chi connectivity index (χ0n) is 11.7. The lowest BCUT2D eigenvalue weighted by Crippen LogP contribution is -2.58. The van der Waals surface area contributed by atoms with Gasteiger partial charge >= 0.3 is 0 Å². The Bertz CT molecular complexity index is 473. The van der Waals surface area contributed by atoms with E-state index >= 15 is 0 Å². The topological polar surface area (TPSA) is 64.4 Å². The number of rotatable bonds is 4. The van der Waals surface area contributed by atoms with Crippen LogP contribution in [0.4, 0.5) is 0 Å². The second-order valence-corrected chi connectivity index (χ2v) is 5.85. The molecule has 1 aliphatic heterocycles. The van der Waals surface area contributed by atoms with Gasteiger partial charge in [0.2, 0.25) is 5.91 Å². The molecular weight excluding hydrogens is 276 g/mol. The predicted octanol–water partition coefficient (Wildman–Crippen LogP) is 1.90. The number of halogens is 1. The van der Waals surface area contributed by atoms with Crippen molar-refractivity contribution in [3.05, 3.63) is 34.9 Å². The highest BCUT2D eigenvalue weighted by molar-refractivity contribution is 6.31. The largest absolute Gasteiger partial charge is 0.381 e. The summed E-state index contributed by atoms with van der Waals surface area (Å²) in [6, 6.07) is 7.65. The van der Waals surface area contributed by atoms with Gasteiger partial charge < -0.3 is 15.8 Å². The number of hydrogen-bond acceptors (Lipinski definition) is 3. The Morgan fingerprint density at radius 3 is 2.75 bits per heavy atom. The average molecular weight is 297 g/mol. The number of carbonyl (C=O) groups excluding carboxylic acids is 1. The molecule has 2 rings (SSSR count). The summed E-state index contributed by atoms with van der Waals surface area (Å²) in [6.45, 7) is 3.05. The second kappa shape index (κ2) is 6.57. The molecule has 1 aromatic rings. The van der Waals surface area contributed by atoms with Gasteiger partial charge in [0, 0.05) is 24.3 Å². The number of benzene rings is 1. The lowest BCUT2D eigenvalue weighted by molar-refractivity contribution is -0.130. The van der Waals surface area contributed by atoms with E-state index in [9.17, 15) is 4.79 Å². The molecule has 1 heterocycles. The molecule has 1 atom stereocenters. The van der Waals surface area contributed by atoms with Crippen LogP contribution in [-0.4, -0.2) is 30.7 Å². The van der Waals surface area contributed by atoms with Crippen LogP contribution >= 0.6 is 11.6 Å². The maximum atomic E-state index is 12.3. The van der Waals surface area contributed by atoms with Gasteiger partial charge in [-0.05, 0) is 37.8 Å². The smallest absolute Gasteiger partial charge is 0.240 e. The Balaban J connectivity index is 1.92. The van der Waals surface area contributed by atoms with E-state index in [0.29, 0.717) is 32.5 Å². The number of ether oxygens (including phenoxy) is 1. The van der Waals surface area contributed by atoms with Crippen molar-refractivity contribution in [3.8, 4) is 0 Å². The number of carbonyl (C=O) groups is 1. The van der Waals surface area contributed by atoms with Gasteiger partial charge in [0.1, 0.15) is 0 Å². The number of hydrogen-bond donors (Lipinski definition) is 2. The van der Waals surface area contributed by atoms with Gasteiger partial charge in [0.25, 0.3) is 0 Å². The van der Waals surface area contributed by atoms with Crippen molar-refractivity contribution < 1.29 is 9.53 Å². The maximum absolute atomic E-state index is 12.3. The molecule has 1 aromatic carbocycles. The SMILES string of the molecule is CC(Cc1ccccc1Cl)NC(=O)C1(N)CCOCC1. The molecule has 1 unspecified atom stereocenters. The van der Waals surface area contributed by atoms with Gasteiger partial charge in [-0.25, -0.2) is 0 Å². The number of nitrogens with two attached hydrogens (primary N) is 1. The minimum atomic E-state index is -0.799. The van der Waals surface area contributed by atoms with Gasteiger partial charge in [-0.3, -0.25) is 4.79 Å². The van der Waals surface area contributed by atoms with Crippen molar-refractivity contribution >= 4 is 17.5 Å². The molecule has 110 valence electrons. The summed E-state index contributed by atoms with van der Waals surface area (Å²) in [5, 5.41) is 3.71. The second-order valence-electron chi connectivity index (χ2n) is 5.44. The normalized spacial score (nSPS) is 19.4. The van der Waals surface area contributed by atoms with E-state index in [0.717, 1.165) is 10.6 Å². The van der Waals surface area contributed by atoms with Crippen molar-refractivity contribution in [2.24, 2.45) is 5.73 Å². The molecule has 3 N–H and O–H groups in total. The van der Waals surface area contributed by atoms with E-state index in [1.54, 1.807) is 0 Å². The van der Waals surface area contributed by atoms with E-state index < -0.39 is 5.54 Å². The van der Waals surface area contributed by atoms with Crippen molar-refractivity contribution in [1.29, 1.82) is 0 Å². The van der Waals surface area contributed by atoms with Crippen molar-refractivity contribution in [1.82, 2.24) is 5.32 Å². The van der Waals surface area contributed by atoms with Crippen molar-refractivity contribution in [2.75, 3.05) is 13.2 Å². The summed E-state index contributed by atoms with van der Waals surface area (Å²) < 4.78 is 5.25. The molecule has 0 aliphatic carbocycles. The molecular formula is C15H21ClN2O2. The molecule has 1 fully saturated rings. The van der Waals surface area contributed by atoms with Gasteiger partial charge in [-0.15, -0.1) is 0 Å². The highest BCUT2D eigenvalue weighted by Gasteiger charge is 2.36. The standard InChI is InChI=1S/C15H21ClN2O2/c1-11(10-12-4-2-3-5-13(12)16)18-14(19)15(17)6-8-20-9-7-15/h2-5,11H,6-10,17H2,1H3,(H,18,19). The Kier molecular flexibility index (Phi) is 5.02. The highest BCUT2D eigenvalue weighted by Crippen LogP contribution is 2.19. The van der Waals surface area contributed by atoms with Gasteiger partial charge in [0.05, 0.1) is 5.54 Å². The van der Waals surface area contributed by atoms with Crippen molar-refractivity contribution in [3.63, 3.8) is 0 Å². The predicted molar refractivity (Wildman–Crippen MR) is 79.7 cm³/mol. The average Bonchev–Trinajstić information content (AvgIpc) is 2.42. The van der Waals surface area contributed by atoms with Crippen LogP contribution in [0.2, 0.25) is 5.02 Å². The Morgan fingerprint density at radius 1 is 1.45 bits per heavy atom. The fourth-order valence-electron chi connectivity index (χ4n) is 2.38. The van der Waals surface area contributed by atoms with Crippen LogP contribution in [0, 0.1) is 0 Å². The first-order chi connectivity index (χ1) is 9.51. The third-order valence-electron chi connectivity index (χ3n) is 3.70. The molecule has 1 saturated heterocycles. The summed E-state index contributed by atoms with van der Waals surface area (Å²) in [5.41, 5.74) is 6.39. The first-order valence-corrected chi connectivity index (χ1v) is 7.30. The van der Waals surface area contributed by atoms with E-state index in [2.05, 4.69) is 5.32 Å². The third-order valence-corrected chi connectivity index (χ3v) is 4.07. The minimum Gasteiger partial charge on any atom is -0.381 e. The van der Waals surface area contributed by atoms with Crippen LogP contribution in [0.5, 0.6) is 0 Å². The van der Waals surface area contributed by atoms with Gasteiger partial charge in [0.15, 0.2) is 0 Å². The van der Waals surface area contributed by atoms with Gasteiger partial charge in [-0.2, -0.15) is 0 Å². The quantitative estimate of drug-likeness (QED) is 0.892. The van der Waals surface area contributed by atoms with E-state index in [4.69, 9.17) is 22.1 Å². The van der Waals surface area contributed by atoms with E-state index in [-0.39, 0.29) is 11.9 Å². The van der Waals surface area contributed by atoms with Crippen LogP contribution in [0.15, 0.2) is 24.3 Å². The van der Waals surface area contributed by atoms with Crippen LogP contribution in [0.1, 0.15) is 25.3 Å². The molecule has 1 amide bonds. The van der Waals surface area contributed by atoms with Crippen LogP contribution in [0.3, 0.4) is 0 Å². The zero-order chi connectivity index (χ0) is 14.6. The molecule has 4 nitrogen and oxygen atoms in total. The molecule has 0 saturated carbocycles. The Hall–Kier alpha value is -1.10. The summed E-state index contributed by atoms with van der Waals surface area (Å²) >= 11 is 6.13. The third kappa shape index (κ3) is 3.72. The number of amides is 1. The lowest BCUT2D eigenvalue weighted by Gasteiger charge is -2.33. The van der Waals surface area contributed by atoms with Crippen LogP contribution < -0.4 is 11.1 Å². The molecule has 1 aliphatic rings. The van der Waals surface area contributed by atoms with Crippen molar-refractivity contribution in [2.45, 2.75) is 37.8 Å². The minimum absolute atomic E-state index is 0.00864. The van der Waals surface area contributed by atoms with Crippen LogP contribution in [0.25, 0.3) is 0 Å². The Labute approximate surface area is 124 Å². The monoisotopic (exact) mass is 296 g/mol. The fraction of sp³-hybridized carbons (Fsp3) is 0.533. The summed E-state index contributed by atoms with van der Waals surface area (Å²) in [7, 11) is 0. The number of nitrogens with one attached hydrogen (secondary N) is 1. The fourth-order valence-corrected chi connectivity index (χ4v) is 2.59. The first-order valence-electron chi connectivity index (χ1n) is 6.92. The highest BCUT2D eigenvalue weighted by atomic mass is 35.5. The molecule has 0 bridgehead atoms. The van der Waals surface area contributed by atoms with E-state index in [1.807, 2.05) is 31.2 Å². The lowest BCUT2D eigenvalue weighted by atomic mass is 9.90. The molecule has 0 spiro atoms. The molecule has 5 heteroatoms. The summed E-state index contributed by atoms with van der Waals surface area (Å²) in [5.74, 6) is -0.0969. The summed E-state index contributed by atoms with van der Waals surface area (Å²) in [4.78, 5) is 12.3. The van der Waals surface area contributed by atoms with Crippen LogP contribution in [-0.2, 0) is 16.0 Å². The van der Waals surface area contributed by atoms with E-state index in [1.165, 1.54) is 0 Å². The Morgan fingerprint density at radius 2 is 2.10 bits per heavy atom. The zero-order valence-corrected chi connectivity index (χ0v) is 12.5. The van der Waals surface area contributed by atoms with Gasteiger partial charge in [-0.1, -0.05) is 29.8 Å². The first kappa shape index (κ1) is 15.3. The molecule has 20 heavy (non-hydrogen) atoms. The summed E-state index contributed by atoms with van der Waals surface area (Å²) in [6.07, 6.45) is 1.83. The maximum Gasteiger partial charge on any atom is 0.240 e.